The van der Waals surface area contributed by atoms with Crippen LogP contribution >= 0.6 is 11.6 Å². The molecule has 1 aromatic heterocycles. The molecule has 4 nitrogen and oxygen atoms in total. The van der Waals surface area contributed by atoms with E-state index < -0.39 is 0 Å². The number of pyridine rings is 1. The van der Waals surface area contributed by atoms with Crippen molar-refractivity contribution >= 4 is 23.2 Å². The first-order valence-electron chi connectivity index (χ1n) is 5.83. The predicted octanol–water partition coefficient (Wildman–Crippen LogP) is 2.75. The van der Waals surface area contributed by atoms with Crippen LogP contribution in [0.5, 0.6) is 0 Å². The van der Waals surface area contributed by atoms with Gasteiger partial charge >= 0.3 is 0 Å². The number of para-hydroxylation sites is 1. The minimum Gasteiger partial charge on any atom is -0.326 e. The van der Waals surface area contributed by atoms with Gasteiger partial charge in [0.1, 0.15) is 0 Å². The molecule has 19 heavy (non-hydrogen) atoms. The maximum atomic E-state index is 12.1. The minimum atomic E-state index is -0.254. The highest BCUT2D eigenvalue weighted by atomic mass is 35.5. The summed E-state index contributed by atoms with van der Waals surface area (Å²) in [6, 6.07) is 8.84. The fourth-order valence-electron chi connectivity index (χ4n) is 1.67. The highest BCUT2D eigenvalue weighted by Crippen LogP contribution is 2.26. The maximum absolute atomic E-state index is 12.1. The third-order valence-corrected chi connectivity index (χ3v) is 3.05. The molecule has 0 unspecified atom stereocenters. The molecule has 3 N–H and O–H groups in total. The second kappa shape index (κ2) is 5.82. The van der Waals surface area contributed by atoms with E-state index in [0.29, 0.717) is 22.8 Å². The van der Waals surface area contributed by atoms with Crippen LogP contribution in [0.1, 0.15) is 21.6 Å². The molecule has 2 rings (SSSR count). The molecule has 2 aromatic rings. The SMILES string of the molecule is Cc1ccc(C(=O)Nc2c(Cl)cccc2CN)cn1. The van der Waals surface area contributed by atoms with Gasteiger partial charge in [-0.15, -0.1) is 0 Å². The van der Waals surface area contributed by atoms with E-state index in [4.69, 9.17) is 17.3 Å². The molecule has 0 saturated heterocycles. The number of nitrogens with one attached hydrogen (secondary N) is 1. The Bertz CT molecular complexity index is 596. The summed E-state index contributed by atoms with van der Waals surface area (Å²) in [5.74, 6) is -0.254. The number of anilines is 1. The highest BCUT2D eigenvalue weighted by molar-refractivity contribution is 6.34. The van der Waals surface area contributed by atoms with Crippen LogP contribution in [0.15, 0.2) is 36.5 Å². The topological polar surface area (TPSA) is 68.0 Å². The number of hydrogen-bond acceptors (Lipinski definition) is 3. The van der Waals surface area contributed by atoms with Crippen LogP contribution in [0.4, 0.5) is 5.69 Å². The first kappa shape index (κ1) is 13.5. The lowest BCUT2D eigenvalue weighted by molar-refractivity contribution is 0.102. The van der Waals surface area contributed by atoms with Gasteiger partial charge in [0.05, 0.1) is 16.3 Å². The van der Waals surface area contributed by atoms with Gasteiger partial charge in [-0.3, -0.25) is 9.78 Å². The summed E-state index contributed by atoms with van der Waals surface area (Å²) < 4.78 is 0. The van der Waals surface area contributed by atoms with Crippen molar-refractivity contribution < 1.29 is 4.79 Å². The predicted molar refractivity (Wildman–Crippen MR) is 76.3 cm³/mol. The van der Waals surface area contributed by atoms with E-state index in [1.165, 1.54) is 6.20 Å². The number of amides is 1. The molecule has 0 fully saturated rings. The number of rotatable bonds is 3. The quantitative estimate of drug-likeness (QED) is 0.905. The van der Waals surface area contributed by atoms with Crippen LogP contribution in [-0.2, 0) is 6.54 Å². The summed E-state index contributed by atoms with van der Waals surface area (Å²) in [7, 11) is 0. The van der Waals surface area contributed by atoms with Crippen LogP contribution in [0.3, 0.4) is 0 Å². The van der Waals surface area contributed by atoms with E-state index >= 15 is 0 Å². The van der Waals surface area contributed by atoms with Crippen molar-refractivity contribution in [2.75, 3.05) is 5.32 Å². The number of aryl methyl sites for hydroxylation is 1. The maximum Gasteiger partial charge on any atom is 0.257 e. The average molecular weight is 276 g/mol. The molecular formula is C14H14ClN3O. The van der Waals surface area contributed by atoms with Crippen molar-refractivity contribution in [3.8, 4) is 0 Å². The van der Waals surface area contributed by atoms with E-state index in [1.54, 1.807) is 24.3 Å². The Morgan fingerprint density at radius 1 is 1.37 bits per heavy atom. The number of nitrogens with two attached hydrogens (primary N) is 1. The van der Waals surface area contributed by atoms with Crippen molar-refractivity contribution in [3.05, 3.63) is 58.4 Å². The molecule has 0 spiro atoms. The third kappa shape index (κ3) is 3.10. The molecule has 98 valence electrons. The summed E-state index contributed by atoms with van der Waals surface area (Å²) in [6.45, 7) is 2.17. The number of carbonyl (C=O) groups excluding carboxylic acids is 1. The van der Waals surface area contributed by atoms with E-state index in [2.05, 4.69) is 10.3 Å². The first-order chi connectivity index (χ1) is 9.11. The largest absolute Gasteiger partial charge is 0.326 e. The Hall–Kier alpha value is -1.91. The number of halogens is 1. The van der Waals surface area contributed by atoms with Gasteiger partial charge in [-0.1, -0.05) is 23.7 Å². The smallest absolute Gasteiger partial charge is 0.257 e. The van der Waals surface area contributed by atoms with Gasteiger partial charge in [0.15, 0.2) is 0 Å². The zero-order chi connectivity index (χ0) is 13.8. The lowest BCUT2D eigenvalue weighted by Gasteiger charge is -2.11. The molecule has 1 aromatic carbocycles. The van der Waals surface area contributed by atoms with Gasteiger partial charge in [-0.2, -0.15) is 0 Å². The molecular weight excluding hydrogens is 262 g/mol. The van der Waals surface area contributed by atoms with Crippen molar-refractivity contribution in [2.24, 2.45) is 5.73 Å². The van der Waals surface area contributed by atoms with Crippen molar-refractivity contribution in [3.63, 3.8) is 0 Å². The van der Waals surface area contributed by atoms with Crippen LogP contribution in [0.2, 0.25) is 5.02 Å². The second-order valence-corrected chi connectivity index (χ2v) is 4.53. The second-order valence-electron chi connectivity index (χ2n) is 4.12. The van der Waals surface area contributed by atoms with Crippen LogP contribution < -0.4 is 11.1 Å². The number of benzene rings is 1. The van der Waals surface area contributed by atoms with E-state index in [9.17, 15) is 4.79 Å². The molecule has 0 aliphatic carbocycles. The Kier molecular flexibility index (Phi) is 4.14. The van der Waals surface area contributed by atoms with E-state index in [0.717, 1.165) is 11.3 Å². The van der Waals surface area contributed by atoms with Crippen molar-refractivity contribution in [2.45, 2.75) is 13.5 Å². The lowest BCUT2D eigenvalue weighted by atomic mass is 10.1. The highest BCUT2D eigenvalue weighted by Gasteiger charge is 2.11. The Morgan fingerprint density at radius 3 is 2.79 bits per heavy atom. The van der Waals surface area contributed by atoms with Gasteiger partial charge in [0, 0.05) is 18.4 Å². The summed E-state index contributed by atoms with van der Waals surface area (Å²) in [4.78, 5) is 16.2. The molecule has 1 heterocycles. The summed E-state index contributed by atoms with van der Waals surface area (Å²) in [5, 5.41) is 3.24. The van der Waals surface area contributed by atoms with Crippen LogP contribution in [0.25, 0.3) is 0 Å². The standard InChI is InChI=1S/C14H14ClN3O/c1-9-5-6-11(8-17-9)14(19)18-13-10(7-16)3-2-4-12(13)15/h2-6,8H,7,16H2,1H3,(H,18,19). The van der Waals surface area contributed by atoms with Gasteiger partial charge in [0.25, 0.3) is 5.91 Å². The molecule has 0 atom stereocenters. The number of nitrogens with zero attached hydrogens (tertiary/aromatic N) is 1. The van der Waals surface area contributed by atoms with Crippen LogP contribution in [0, 0.1) is 6.92 Å². The van der Waals surface area contributed by atoms with Crippen molar-refractivity contribution in [1.82, 2.24) is 4.98 Å². The van der Waals surface area contributed by atoms with Crippen LogP contribution in [-0.4, -0.2) is 10.9 Å². The molecule has 1 amide bonds. The summed E-state index contributed by atoms with van der Waals surface area (Å²) in [6.07, 6.45) is 1.53. The molecule has 5 heteroatoms. The average Bonchev–Trinajstić information content (AvgIpc) is 2.41. The zero-order valence-electron chi connectivity index (χ0n) is 10.5. The Labute approximate surface area is 116 Å². The first-order valence-corrected chi connectivity index (χ1v) is 6.21. The summed E-state index contributed by atoms with van der Waals surface area (Å²) >= 11 is 6.08. The molecule has 0 bridgehead atoms. The monoisotopic (exact) mass is 275 g/mol. The molecule has 0 radical (unpaired) electrons. The lowest BCUT2D eigenvalue weighted by Crippen LogP contribution is -2.15. The molecule has 0 aliphatic rings. The number of hydrogen-bond donors (Lipinski definition) is 2. The Morgan fingerprint density at radius 2 is 2.16 bits per heavy atom. The van der Waals surface area contributed by atoms with E-state index in [-0.39, 0.29) is 5.91 Å². The third-order valence-electron chi connectivity index (χ3n) is 2.73. The number of carbonyl (C=O) groups is 1. The number of aromatic nitrogens is 1. The zero-order valence-corrected chi connectivity index (χ0v) is 11.2. The fourth-order valence-corrected chi connectivity index (χ4v) is 1.91. The van der Waals surface area contributed by atoms with Gasteiger partial charge in [0.2, 0.25) is 0 Å². The minimum absolute atomic E-state index is 0.254. The summed E-state index contributed by atoms with van der Waals surface area (Å²) in [5.41, 5.74) is 8.32. The van der Waals surface area contributed by atoms with Gasteiger partial charge < -0.3 is 11.1 Å². The molecule has 0 aliphatic heterocycles. The Balaban J connectivity index is 2.26. The van der Waals surface area contributed by atoms with E-state index in [1.807, 2.05) is 13.0 Å². The van der Waals surface area contributed by atoms with Gasteiger partial charge in [-0.05, 0) is 30.7 Å². The normalized spacial score (nSPS) is 10.3. The fraction of sp³-hybridized carbons (Fsp3) is 0.143. The van der Waals surface area contributed by atoms with Crippen molar-refractivity contribution in [1.29, 1.82) is 0 Å². The van der Waals surface area contributed by atoms with Gasteiger partial charge in [-0.25, -0.2) is 0 Å². The molecule has 0 saturated carbocycles.